The Kier molecular flexibility index (Phi) is 4.54. The van der Waals surface area contributed by atoms with Gasteiger partial charge in [-0.2, -0.15) is 0 Å². The van der Waals surface area contributed by atoms with E-state index in [0.717, 1.165) is 9.36 Å². The number of hydrogen-bond donors (Lipinski definition) is 1. The molecular formula is C8H9Br2NO2S2. The van der Waals surface area contributed by atoms with E-state index >= 15 is 0 Å². The molecule has 0 aromatic carbocycles. The highest BCUT2D eigenvalue weighted by Gasteiger charge is 2.19. The minimum absolute atomic E-state index is 0.251. The molecule has 3 nitrogen and oxygen atoms in total. The summed E-state index contributed by atoms with van der Waals surface area (Å²) in [7, 11) is -3.44. The fraction of sp³-hybridized carbons (Fsp3) is 0.250. The van der Waals surface area contributed by atoms with Gasteiger partial charge in [-0.05, 0) is 44.8 Å². The molecule has 1 rings (SSSR count). The molecule has 15 heavy (non-hydrogen) atoms. The molecule has 0 amide bonds. The number of hydrogen-bond acceptors (Lipinski definition) is 3. The average Bonchev–Trinajstić information content (AvgIpc) is 2.43. The molecule has 0 radical (unpaired) electrons. The van der Waals surface area contributed by atoms with Gasteiger partial charge in [-0.25, -0.2) is 13.1 Å². The third kappa shape index (κ3) is 3.67. The van der Waals surface area contributed by atoms with E-state index in [-0.39, 0.29) is 11.4 Å². The lowest BCUT2D eigenvalue weighted by Gasteiger charge is -2.04. The first-order valence-corrected chi connectivity index (χ1v) is 7.80. The summed E-state index contributed by atoms with van der Waals surface area (Å²) in [6.45, 7) is 5.65. The summed E-state index contributed by atoms with van der Waals surface area (Å²) >= 11 is 7.76. The zero-order valence-electron chi connectivity index (χ0n) is 7.88. The summed E-state index contributed by atoms with van der Waals surface area (Å²) in [5, 5.41) is 0. The third-order valence-corrected chi connectivity index (χ3v) is 5.64. The predicted molar refractivity (Wildman–Crippen MR) is 69.7 cm³/mol. The Morgan fingerprint density at radius 3 is 2.60 bits per heavy atom. The van der Waals surface area contributed by atoms with Crippen LogP contribution >= 0.6 is 43.2 Å². The first-order valence-electron chi connectivity index (χ1n) is 3.92. The van der Waals surface area contributed by atoms with Crippen LogP contribution in [0.25, 0.3) is 0 Å². The van der Waals surface area contributed by atoms with E-state index < -0.39 is 10.0 Å². The first-order chi connectivity index (χ1) is 6.83. The zero-order valence-corrected chi connectivity index (χ0v) is 12.7. The van der Waals surface area contributed by atoms with Crippen molar-refractivity contribution in [2.24, 2.45) is 0 Å². The summed E-state index contributed by atoms with van der Waals surface area (Å²) < 4.78 is 27.4. The number of halogens is 2. The lowest BCUT2D eigenvalue weighted by Crippen LogP contribution is -2.25. The van der Waals surface area contributed by atoms with E-state index in [1.165, 1.54) is 11.3 Å². The lowest BCUT2D eigenvalue weighted by atomic mass is 10.4. The minimum Gasteiger partial charge on any atom is -0.207 e. The molecule has 1 aromatic rings. The maximum Gasteiger partial charge on any atom is 0.242 e. The zero-order chi connectivity index (χ0) is 11.6. The van der Waals surface area contributed by atoms with Crippen molar-refractivity contribution in [3.05, 3.63) is 25.8 Å². The highest BCUT2D eigenvalue weighted by Crippen LogP contribution is 2.34. The van der Waals surface area contributed by atoms with Crippen molar-refractivity contribution >= 4 is 53.2 Å². The quantitative estimate of drug-likeness (QED) is 0.823. The molecule has 0 spiro atoms. The van der Waals surface area contributed by atoms with Gasteiger partial charge >= 0.3 is 0 Å². The number of sulfonamides is 1. The molecule has 0 aliphatic rings. The van der Waals surface area contributed by atoms with Gasteiger partial charge in [0.05, 0.1) is 7.57 Å². The second-order valence-corrected chi connectivity index (χ2v) is 8.45. The van der Waals surface area contributed by atoms with Crippen LogP contribution in [-0.2, 0) is 10.0 Å². The van der Waals surface area contributed by atoms with Gasteiger partial charge in [0.2, 0.25) is 10.0 Å². The maximum absolute atomic E-state index is 11.8. The lowest BCUT2D eigenvalue weighted by molar-refractivity contribution is 0.584. The van der Waals surface area contributed by atoms with E-state index in [1.807, 2.05) is 0 Å². The van der Waals surface area contributed by atoms with Crippen molar-refractivity contribution in [3.63, 3.8) is 0 Å². The molecule has 0 atom stereocenters. The highest BCUT2D eigenvalue weighted by molar-refractivity contribution is 9.12. The van der Waals surface area contributed by atoms with Gasteiger partial charge in [0.25, 0.3) is 0 Å². The first kappa shape index (κ1) is 13.4. The highest BCUT2D eigenvalue weighted by atomic mass is 79.9. The minimum atomic E-state index is -3.44. The Labute approximate surface area is 110 Å². The number of thiophene rings is 1. The number of rotatable bonds is 4. The monoisotopic (exact) mass is 373 g/mol. The van der Waals surface area contributed by atoms with Gasteiger partial charge in [0.15, 0.2) is 0 Å². The van der Waals surface area contributed by atoms with Crippen LogP contribution in [-0.4, -0.2) is 15.0 Å². The van der Waals surface area contributed by atoms with Crippen LogP contribution in [0, 0.1) is 0 Å². The SMILES string of the molecule is C=C(C)CNS(=O)(=O)c1cc(Br)sc1Br. The van der Waals surface area contributed by atoms with Crippen molar-refractivity contribution in [1.82, 2.24) is 4.72 Å². The molecule has 0 unspecified atom stereocenters. The predicted octanol–water partition coefficient (Wildman–Crippen LogP) is 3.13. The van der Waals surface area contributed by atoms with Gasteiger partial charge in [-0.1, -0.05) is 12.2 Å². The normalized spacial score (nSPS) is 11.7. The molecule has 0 aliphatic heterocycles. The molecule has 0 saturated carbocycles. The summed E-state index contributed by atoms with van der Waals surface area (Å²) in [5.41, 5.74) is 0.768. The van der Waals surface area contributed by atoms with Crippen LogP contribution in [0.15, 0.2) is 30.7 Å². The summed E-state index contributed by atoms with van der Waals surface area (Å²) in [6.07, 6.45) is 0. The van der Waals surface area contributed by atoms with Gasteiger partial charge < -0.3 is 0 Å². The van der Waals surface area contributed by atoms with Crippen LogP contribution in [0.3, 0.4) is 0 Å². The Balaban J connectivity index is 2.96. The molecule has 0 fully saturated rings. The van der Waals surface area contributed by atoms with Crippen LogP contribution in [0.1, 0.15) is 6.92 Å². The molecular weight excluding hydrogens is 366 g/mol. The third-order valence-electron chi connectivity index (χ3n) is 1.48. The molecule has 84 valence electrons. The largest absolute Gasteiger partial charge is 0.242 e. The van der Waals surface area contributed by atoms with Crippen LogP contribution in [0.5, 0.6) is 0 Å². The topological polar surface area (TPSA) is 46.2 Å². The molecule has 1 aromatic heterocycles. The van der Waals surface area contributed by atoms with E-state index in [4.69, 9.17) is 0 Å². The molecule has 7 heteroatoms. The Morgan fingerprint density at radius 2 is 2.20 bits per heavy atom. The standard InChI is InChI=1S/C8H9Br2NO2S2/c1-5(2)4-11-15(12,13)6-3-7(9)14-8(6)10/h3,11H,1,4H2,2H3. The molecule has 1 N–H and O–H groups in total. The van der Waals surface area contributed by atoms with Crippen molar-refractivity contribution in [1.29, 1.82) is 0 Å². The summed E-state index contributed by atoms with van der Waals surface area (Å²) in [4.78, 5) is 0.251. The van der Waals surface area contributed by atoms with E-state index in [2.05, 4.69) is 43.2 Å². The molecule has 0 bridgehead atoms. The molecule has 0 saturated heterocycles. The second kappa shape index (κ2) is 5.09. The fourth-order valence-corrected chi connectivity index (χ4v) is 5.71. The van der Waals surface area contributed by atoms with Gasteiger partial charge in [0, 0.05) is 6.54 Å². The van der Waals surface area contributed by atoms with Gasteiger partial charge in [0.1, 0.15) is 4.90 Å². The Hall–Kier alpha value is 0.310. The van der Waals surface area contributed by atoms with Crippen LogP contribution in [0.2, 0.25) is 0 Å². The average molecular weight is 375 g/mol. The van der Waals surface area contributed by atoms with E-state index in [0.29, 0.717) is 3.79 Å². The molecule has 1 heterocycles. The van der Waals surface area contributed by atoms with Crippen molar-refractivity contribution in [2.45, 2.75) is 11.8 Å². The van der Waals surface area contributed by atoms with Gasteiger partial charge in [-0.3, -0.25) is 0 Å². The smallest absolute Gasteiger partial charge is 0.207 e. The summed E-state index contributed by atoms with van der Waals surface area (Å²) in [5.74, 6) is 0. The van der Waals surface area contributed by atoms with Crippen molar-refractivity contribution < 1.29 is 8.42 Å². The van der Waals surface area contributed by atoms with Crippen LogP contribution in [0.4, 0.5) is 0 Å². The second-order valence-electron chi connectivity index (χ2n) is 2.97. The fourth-order valence-electron chi connectivity index (χ4n) is 0.804. The number of nitrogens with one attached hydrogen (secondary N) is 1. The van der Waals surface area contributed by atoms with E-state index in [9.17, 15) is 8.42 Å². The molecule has 0 aliphatic carbocycles. The summed E-state index contributed by atoms with van der Waals surface area (Å²) in [6, 6.07) is 1.56. The van der Waals surface area contributed by atoms with E-state index in [1.54, 1.807) is 13.0 Å². The Morgan fingerprint density at radius 1 is 1.60 bits per heavy atom. The van der Waals surface area contributed by atoms with Crippen molar-refractivity contribution in [3.8, 4) is 0 Å². The maximum atomic E-state index is 11.8. The van der Waals surface area contributed by atoms with Gasteiger partial charge in [-0.15, -0.1) is 11.3 Å². The Bertz CT molecular complexity index is 479. The van der Waals surface area contributed by atoms with Crippen LogP contribution < -0.4 is 4.72 Å². The van der Waals surface area contributed by atoms with Crippen molar-refractivity contribution in [2.75, 3.05) is 6.54 Å².